The van der Waals surface area contributed by atoms with E-state index in [4.69, 9.17) is 42.6 Å². The molecule has 19 nitrogen and oxygen atoms in total. The van der Waals surface area contributed by atoms with Crippen molar-refractivity contribution in [3.05, 3.63) is 47.3 Å². The van der Waals surface area contributed by atoms with E-state index in [1.807, 2.05) is 6.07 Å². The molecule has 4 aliphatic carbocycles. The van der Waals surface area contributed by atoms with Crippen molar-refractivity contribution in [3.8, 4) is 17.6 Å². The number of nitrogens with zero attached hydrogens (tertiary/aromatic N) is 1. The molecule has 0 unspecified atom stereocenters. The van der Waals surface area contributed by atoms with Gasteiger partial charge in [-0.05, 0) is 173 Å². The molecule has 1 heterocycles. The number of ether oxygens (including phenoxy) is 9. The molecule has 0 radical (unpaired) electrons. The highest BCUT2D eigenvalue weighted by atomic mass is 32.2. The molecular weight excluding hydrogens is 1090 g/mol. The van der Waals surface area contributed by atoms with Crippen LogP contribution in [0.1, 0.15) is 155 Å². The number of hydrogen-bond acceptors (Lipinski definition) is 21. The zero-order chi connectivity index (χ0) is 58.1. The van der Waals surface area contributed by atoms with Gasteiger partial charge in [-0.1, -0.05) is 36.7 Å². The molecule has 5 aliphatic rings. The van der Waals surface area contributed by atoms with Gasteiger partial charge >= 0.3 is 47.8 Å². The predicted octanol–water partition coefficient (Wildman–Crippen LogP) is 10.1. The number of fused-ring (bicyclic) bond motifs is 1. The lowest BCUT2D eigenvalue weighted by molar-refractivity contribution is -0.161. The summed E-state index contributed by atoms with van der Waals surface area (Å²) in [6.07, 6.45) is 14.6. The second-order valence-corrected chi connectivity index (χ2v) is 23.4. The highest BCUT2D eigenvalue weighted by Gasteiger charge is 2.39. The zero-order valence-electron chi connectivity index (χ0n) is 46.5. The van der Waals surface area contributed by atoms with Crippen molar-refractivity contribution < 1.29 is 85.8 Å². The average molecular weight is 1160 g/mol. The summed E-state index contributed by atoms with van der Waals surface area (Å²) in [6.45, 7) is 9.85. The van der Waals surface area contributed by atoms with Crippen LogP contribution in [0.25, 0.3) is 0 Å². The lowest BCUT2D eigenvalue weighted by atomic mass is 9.82. The van der Waals surface area contributed by atoms with Crippen molar-refractivity contribution in [1.29, 1.82) is 5.26 Å². The number of unbranched alkanes of at least 4 members (excludes halogenated alkanes) is 5. The van der Waals surface area contributed by atoms with Crippen molar-refractivity contribution in [2.75, 3.05) is 39.6 Å². The Morgan fingerprint density at radius 2 is 0.889 bits per heavy atom. The number of rotatable bonds is 29. The molecule has 81 heavy (non-hydrogen) atoms. The second kappa shape index (κ2) is 33.8. The third-order valence-electron chi connectivity index (χ3n) is 15.4. The number of ketones is 1. The summed E-state index contributed by atoms with van der Waals surface area (Å²) in [5.74, 6) is -5.38. The molecule has 0 bridgehead atoms. The molecule has 0 amide bonds. The Bertz CT molecular complexity index is 2320. The molecular formula is C60H77NO18S2. The lowest BCUT2D eigenvalue weighted by Crippen LogP contribution is -2.33. The Balaban J connectivity index is 0.919. The van der Waals surface area contributed by atoms with Crippen molar-refractivity contribution in [1.82, 2.24) is 0 Å². The second-order valence-electron chi connectivity index (χ2n) is 21.1. The van der Waals surface area contributed by atoms with E-state index in [-0.39, 0.29) is 100 Å². The van der Waals surface area contributed by atoms with Gasteiger partial charge < -0.3 is 42.6 Å². The summed E-state index contributed by atoms with van der Waals surface area (Å²) in [4.78, 5) is 115. The van der Waals surface area contributed by atoms with Crippen molar-refractivity contribution in [2.45, 2.75) is 177 Å². The number of benzene rings is 1. The molecule has 1 aromatic rings. The van der Waals surface area contributed by atoms with E-state index in [1.165, 1.54) is 18.2 Å². The fourth-order valence-corrected chi connectivity index (χ4v) is 13.1. The van der Waals surface area contributed by atoms with Crippen LogP contribution >= 0.6 is 23.5 Å². The Kier molecular flexibility index (Phi) is 26.8. The average Bonchev–Trinajstić information content (AvgIpc) is 4.19. The van der Waals surface area contributed by atoms with Gasteiger partial charge in [0.15, 0.2) is 11.4 Å². The van der Waals surface area contributed by atoms with E-state index in [0.29, 0.717) is 152 Å². The Morgan fingerprint density at radius 3 is 1.30 bits per heavy atom. The van der Waals surface area contributed by atoms with E-state index in [1.54, 1.807) is 6.92 Å². The normalized spacial score (nSPS) is 23.9. The van der Waals surface area contributed by atoms with Crippen LogP contribution in [0, 0.1) is 46.8 Å². The molecule has 0 N–H and O–H groups in total. The minimum Gasteiger partial charge on any atom is -0.465 e. The molecule has 442 valence electrons. The molecule has 0 atom stereocenters. The van der Waals surface area contributed by atoms with E-state index in [9.17, 15) is 48.4 Å². The standard InChI is InChI=1S/C60H77NO18S2/c1-4-44(62)37-71-32-10-9-13-35-75-54(65)39-16-20-41(21-17-39)56(67)77-46-28-24-43(25-29-46)58(69)79-49-31-30-48(51-52(49)81-60(80-51)47(36-61)59(70)72-6-3)78-57(68)42-22-26-45(27-23-42)76-55(66)40-18-14-38(15-19-40)53(64)74-34-12-8-7-11-33-73-50(63)5-2/h4-5,30-31,38-43,45-46H,1-2,6-29,32-35,37H2,3H3/b60-47-. The fourth-order valence-electron chi connectivity index (χ4n) is 10.5. The third kappa shape index (κ3) is 20.2. The summed E-state index contributed by atoms with van der Waals surface area (Å²) >= 11 is 2.08. The molecule has 0 spiro atoms. The molecule has 0 aromatic heterocycles. The van der Waals surface area contributed by atoms with Gasteiger partial charge in [0, 0.05) is 12.7 Å². The number of esters is 8. The Labute approximate surface area is 482 Å². The SMILES string of the molecule is C=CC(=O)COCCCCCOC(=O)C1CCC(C(=O)OC2CCC(C(=O)Oc3ccc(OC(=O)C4CCC(OC(=O)C5CCC(C(=O)OCCCCCCOC(=O)C=C)CC5)CC4)c4c3S/C(=C(/C#N)C(=O)OCC)S4)CC2)CC1. The largest absolute Gasteiger partial charge is 0.465 e. The highest BCUT2D eigenvalue weighted by Crippen LogP contribution is 2.59. The minimum absolute atomic E-state index is 0.0139. The molecule has 1 aliphatic heterocycles. The monoisotopic (exact) mass is 1160 g/mol. The lowest BCUT2D eigenvalue weighted by Gasteiger charge is -2.30. The smallest absolute Gasteiger partial charge is 0.350 e. The highest BCUT2D eigenvalue weighted by molar-refractivity contribution is 8.24. The summed E-state index contributed by atoms with van der Waals surface area (Å²) in [5, 5.41) is 10.0. The van der Waals surface area contributed by atoms with Crippen LogP contribution in [0.3, 0.4) is 0 Å². The Morgan fingerprint density at radius 1 is 0.506 bits per heavy atom. The summed E-state index contributed by atoms with van der Waals surface area (Å²) in [5.41, 5.74) is -0.243. The number of carbonyl (C=O) groups is 9. The van der Waals surface area contributed by atoms with Gasteiger partial charge in [-0.3, -0.25) is 33.6 Å². The first kappa shape index (κ1) is 64.2. The maximum atomic E-state index is 13.8. The van der Waals surface area contributed by atoms with Crippen LogP contribution in [-0.2, 0) is 76.3 Å². The van der Waals surface area contributed by atoms with E-state index in [0.717, 1.165) is 61.7 Å². The first-order valence-corrected chi connectivity index (χ1v) is 30.4. The van der Waals surface area contributed by atoms with E-state index >= 15 is 0 Å². The van der Waals surface area contributed by atoms with Crippen LogP contribution in [0.4, 0.5) is 0 Å². The van der Waals surface area contributed by atoms with Crippen LogP contribution in [0.5, 0.6) is 11.5 Å². The number of carbonyl (C=O) groups excluding carboxylic acids is 9. The Hall–Kier alpha value is -5.98. The van der Waals surface area contributed by atoms with E-state index in [2.05, 4.69) is 13.2 Å². The van der Waals surface area contributed by atoms with Gasteiger partial charge in [-0.25, -0.2) is 9.59 Å². The minimum atomic E-state index is -0.820. The van der Waals surface area contributed by atoms with Gasteiger partial charge in [0.25, 0.3) is 0 Å². The topological polar surface area (TPSA) is 260 Å². The summed E-state index contributed by atoms with van der Waals surface area (Å²) in [6, 6.07) is 4.98. The van der Waals surface area contributed by atoms with E-state index < -0.39 is 35.7 Å². The number of nitriles is 1. The van der Waals surface area contributed by atoms with Gasteiger partial charge in [-0.15, -0.1) is 0 Å². The number of thioether (sulfide) groups is 2. The van der Waals surface area contributed by atoms with Gasteiger partial charge in [0.2, 0.25) is 0 Å². The maximum Gasteiger partial charge on any atom is 0.350 e. The maximum absolute atomic E-state index is 13.8. The first-order chi connectivity index (χ1) is 39.2. The van der Waals surface area contributed by atoms with Gasteiger partial charge in [0.05, 0.1) is 76.0 Å². The number of hydrogen-bond donors (Lipinski definition) is 0. The van der Waals surface area contributed by atoms with Gasteiger partial charge in [-0.2, -0.15) is 5.26 Å². The van der Waals surface area contributed by atoms with Crippen LogP contribution in [0.2, 0.25) is 0 Å². The third-order valence-corrected chi connectivity index (χ3v) is 18.0. The van der Waals surface area contributed by atoms with Crippen LogP contribution in [0.15, 0.2) is 57.0 Å². The molecule has 6 rings (SSSR count). The predicted molar refractivity (Wildman–Crippen MR) is 295 cm³/mol. The summed E-state index contributed by atoms with van der Waals surface area (Å²) < 4.78 is 50.5. The molecule has 21 heteroatoms. The van der Waals surface area contributed by atoms with Crippen LogP contribution in [-0.4, -0.2) is 105 Å². The summed E-state index contributed by atoms with van der Waals surface area (Å²) in [7, 11) is 0. The fraction of sp³-hybridized carbons (Fsp3) is 0.633. The zero-order valence-corrected chi connectivity index (χ0v) is 48.1. The van der Waals surface area contributed by atoms with Crippen molar-refractivity contribution in [3.63, 3.8) is 0 Å². The van der Waals surface area contributed by atoms with Crippen LogP contribution < -0.4 is 9.47 Å². The van der Waals surface area contributed by atoms with Crippen molar-refractivity contribution >= 4 is 77.1 Å². The molecule has 0 saturated heterocycles. The molecule has 1 aromatic carbocycles. The molecule has 4 fully saturated rings. The van der Waals surface area contributed by atoms with Crippen molar-refractivity contribution in [2.24, 2.45) is 35.5 Å². The first-order valence-electron chi connectivity index (χ1n) is 28.8. The molecule has 4 saturated carbocycles. The van der Waals surface area contributed by atoms with Gasteiger partial charge in [0.1, 0.15) is 36.4 Å². The quantitative estimate of drug-likeness (QED) is 0.0180.